The van der Waals surface area contributed by atoms with Crippen molar-refractivity contribution in [3.8, 4) is 11.1 Å². The fraction of sp³-hybridized carbons (Fsp3) is 0.316. The summed E-state index contributed by atoms with van der Waals surface area (Å²) in [6.45, 7) is 12.6. The normalized spacial score (nSPS) is 10.8. The Morgan fingerprint density at radius 2 is 1.24 bits per heavy atom. The van der Waals surface area contributed by atoms with Crippen molar-refractivity contribution in [1.82, 2.24) is 0 Å². The van der Waals surface area contributed by atoms with Crippen LogP contribution in [0.1, 0.15) is 43.7 Å². The van der Waals surface area contributed by atoms with Crippen LogP contribution in [-0.4, -0.2) is 11.1 Å². The van der Waals surface area contributed by atoms with Gasteiger partial charge in [-0.3, -0.25) is 0 Å². The maximum absolute atomic E-state index is 11.3. The summed E-state index contributed by atoms with van der Waals surface area (Å²) in [5, 5.41) is 9.27. The molecule has 2 rings (SSSR count). The second-order valence-electron chi connectivity index (χ2n) is 5.89. The van der Waals surface area contributed by atoms with E-state index >= 15 is 0 Å². The molecular weight excluding hydrogens is 260 g/mol. The highest BCUT2D eigenvalue weighted by Gasteiger charge is 2.15. The van der Waals surface area contributed by atoms with Gasteiger partial charge in [-0.2, -0.15) is 0 Å². The predicted octanol–water partition coefficient (Wildman–Crippen LogP) is 4.90. The molecule has 110 valence electrons. The number of rotatable bonds is 2. The maximum Gasteiger partial charge on any atom is 0.335 e. The first kappa shape index (κ1) is 15.3. The van der Waals surface area contributed by atoms with E-state index in [1.807, 2.05) is 6.92 Å². The van der Waals surface area contributed by atoms with Crippen LogP contribution in [0.25, 0.3) is 11.1 Å². The third kappa shape index (κ3) is 2.58. The second-order valence-corrected chi connectivity index (χ2v) is 5.89. The Morgan fingerprint density at radius 3 is 1.71 bits per heavy atom. The Morgan fingerprint density at radius 1 is 0.762 bits per heavy atom. The van der Waals surface area contributed by atoms with Gasteiger partial charge in [-0.1, -0.05) is 6.07 Å². The molecule has 0 bridgehead atoms. The van der Waals surface area contributed by atoms with E-state index in [2.05, 4.69) is 40.7 Å². The highest BCUT2D eigenvalue weighted by Crippen LogP contribution is 2.34. The average molecular weight is 282 g/mol. The zero-order valence-corrected chi connectivity index (χ0v) is 13.6. The van der Waals surface area contributed by atoms with Crippen LogP contribution in [0.2, 0.25) is 0 Å². The van der Waals surface area contributed by atoms with Gasteiger partial charge in [-0.15, -0.1) is 0 Å². The molecule has 1 N–H and O–H groups in total. The molecule has 2 nitrogen and oxygen atoms in total. The van der Waals surface area contributed by atoms with E-state index in [-0.39, 0.29) is 0 Å². The van der Waals surface area contributed by atoms with Crippen LogP contribution in [-0.2, 0) is 0 Å². The van der Waals surface area contributed by atoms with Crippen molar-refractivity contribution in [3.63, 3.8) is 0 Å². The standard InChI is InChI=1S/C19H22O2/c1-10-7-16(9-17(8-10)19(20)21)18-14(5)12(3)11(2)13(4)15(18)6/h7-9H,1-6H3,(H,20,21). The summed E-state index contributed by atoms with van der Waals surface area (Å²) >= 11 is 0. The lowest BCUT2D eigenvalue weighted by molar-refractivity contribution is 0.0697. The molecular formula is C19H22O2. The van der Waals surface area contributed by atoms with Gasteiger partial charge in [-0.05, 0) is 98.2 Å². The number of aromatic carboxylic acids is 1. The maximum atomic E-state index is 11.3. The minimum Gasteiger partial charge on any atom is -0.478 e. The van der Waals surface area contributed by atoms with Gasteiger partial charge in [0.05, 0.1) is 5.56 Å². The average Bonchev–Trinajstić information content (AvgIpc) is 2.42. The molecule has 2 heteroatoms. The van der Waals surface area contributed by atoms with Gasteiger partial charge in [0.15, 0.2) is 0 Å². The molecule has 0 aliphatic rings. The quantitative estimate of drug-likeness (QED) is 0.850. The first-order valence-electron chi connectivity index (χ1n) is 7.16. The molecule has 0 aromatic heterocycles. The second kappa shape index (κ2) is 5.36. The number of hydrogen-bond acceptors (Lipinski definition) is 1. The van der Waals surface area contributed by atoms with Gasteiger partial charge in [0, 0.05) is 0 Å². The Kier molecular flexibility index (Phi) is 3.91. The third-order valence-corrected chi connectivity index (χ3v) is 4.61. The molecule has 0 amide bonds. The Labute approximate surface area is 126 Å². The number of aryl methyl sites for hydroxylation is 1. The molecule has 0 radical (unpaired) electrons. The van der Waals surface area contributed by atoms with Crippen molar-refractivity contribution in [2.24, 2.45) is 0 Å². The van der Waals surface area contributed by atoms with Gasteiger partial charge in [0.2, 0.25) is 0 Å². The van der Waals surface area contributed by atoms with Crippen LogP contribution >= 0.6 is 0 Å². The number of benzene rings is 2. The van der Waals surface area contributed by atoms with E-state index in [1.165, 1.54) is 33.4 Å². The highest BCUT2D eigenvalue weighted by molar-refractivity contribution is 5.90. The Bertz CT molecular complexity index is 711. The molecule has 0 saturated heterocycles. The van der Waals surface area contributed by atoms with Crippen LogP contribution in [0.15, 0.2) is 18.2 Å². The smallest absolute Gasteiger partial charge is 0.335 e. The fourth-order valence-corrected chi connectivity index (χ4v) is 2.98. The summed E-state index contributed by atoms with van der Waals surface area (Å²) in [5.41, 5.74) is 9.84. The van der Waals surface area contributed by atoms with Gasteiger partial charge >= 0.3 is 5.97 Å². The lowest BCUT2D eigenvalue weighted by Crippen LogP contribution is -2.02. The van der Waals surface area contributed by atoms with Crippen LogP contribution in [0, 0.1) is 41.5 Å². The first-order valence-corrected chi connectivity index (χ1v) is 7.16. The van der Waals surface area contributed by atoms with Crippen molar-refractivity contribution in [3.05, 3.63) is 57.1 Å². The molecule has 0 unspecified atom stereocenters. The first-order chi connectivity index (χ1) is 9.73. The summed E-state index contributed by atoms with van der Waals surface area (Å²) in [7, 11) is 0. The summed E-state index contributed by atoms with van der Waals surface area (Å²) in [6, 6.07) is 5.55. The van der Waals surface area contributed by atoms with Crippen LogP contribution in [0.5, 0.6) is 0 Å². The minimum atomic E-state index is -0.879. The van der Waals surface area contributed by atoms with Gasteiger partial charge in [-0.25, -0.2) is 4.79 Å². The van der Waals surface area contributed by atoms with Crippen molar-refractivity contribution >= 4 is 5.97 Å². The van der Waals surface area contributed by atoms with E-state index in [9.17, 15) is 9.90 Å². The molecule has 0 spiro atoms. The molecule has 0 heterocycles. The van der Waals surface area contributed by atoms with E-state index in [0.717, 1.165) is 11.1 Å². The predicted molar refractivity (Wildman–Crippen MR) is 87.3 cm³/mol. The summed E-state index contributed by atoms with van der Waals surface area (Å²) in [4.78, 5) is 11.3. The minimum absolute atomic E-state index is 0.347. The molecule has 0 fully saturated rings. The number of hydrogen-bond donors (Lipinski definition) is 1. The topological polar surface area (TPSA) is 37.3 Å². The lowest BCUT2D eigenvalue weighted by atomic mass is 9.85. The molecule has 0 atom stereocenters. The van der Waals surface area contributed by atoms with E-state index in [4.69, 9.17) is 0 Å². The van der Waals surface area contributed by atoms with E-state index in [0.29, 0.717) is 5.56 Å². The largest absolute Gasteiger partial charge is 0.478 e. The van der Waals surface area contributed by atoms with Crippen LogP contribution in [0.3, 0.4) is 0 Å². The molecule has 0 saturated carbocycles. The zero-order chi connectivity index (χ0) is 15.9. The Balaban J connectivity index is 2.82. The van der Waals surface area contributed by atoms with Crippen molar-refractivity contribution in [1.29, 1.82) is 0 Å². The van der Waals surface area contributed by atoms with Crippen LogP contribution in [0.4, 0.5) is 0 Å². The van der Waals surface area contributed by atoms with Gasteiger partial charge in [0.1, 0.15) is 0 Å². The Hall–Kier alpha value is -2.09. The van der Waals surface area contributed by atoms with E-state index < -0.39 is 5.97 Å². The third-order valence-electron chi connectivity index (χ3n) is 4.61. The van der Waals surface area contributed by atoms with Gasteiger partial charge < -0.3 is 5.11 Å². The van der Waals surface area contributed by atoms with Gasteiger partial charge in [0.25, 0.3) is 0 Å². The summed E-state index contributed by atoms with van der Waals surface area (Å²) in [6.07, 6.45) is 0. The van der Waals surface area contributed by atoms with Crippen molar-refractivity contribution in [2.45, 2.75) is 41.5 Å². The van der Waals surface area contributed by atoms with Crippen molar-refractivity contribution in [2.75, 3.05) is 0 Å². The molecule has 2 aromatic carbocycles. The fourth-order valence-electron chi connectivity index (χ4n) is 2.98. The number of carboxylic acid groups (broad SMARTS) is 1. The molecule has 21 heavy (non-hydrogen) atoms. The SMILES string of the molecule is Cc1cc(C(=O)O)cc(-c2c(C)c(C)c(C)c(C)c2C)c1. The van der Waals surface area contributed by atoms with E-state index in [1.54, 1.807) is 12.1 Å². The highest BCUT2D eigenvalue weighted by atomic mass is 16.4. The van der Waals surface area contributed by atoms with Crippen LogP contribution < -0.4 is 0 Å². The summed E-state index contributed by atoms with van der Waals surface area (Å²) in [5.74, 6) is -0.879. The molecule has 0 aliphatic heterocycles. The monoisotopic (exact) mass is 282 g/mol. The molecule has 2 aromatic rings. The number of carbonyl (C=O) groups is 1. The summed E-state index contributed by atoms with van der Waals surface area (Å²) < 4.78 is 0. The lowest BCUT2D eigenvalue weighted by Gasteiger charge is -2.19. The zero-order valence-electron chi connectivity index (χ0n) is 13.6. The number of carboxylic acids is 1. The molecule has 0 aliphatic carbocycles. The van der Waals surface area contributed by atoms with Crippen molar-refractivity contribution < 1.29 is 9.90 Å².